The van der Waals surface area contributed by atoms with E-state index in [0.717, 1.165) is 16.9 Å². The number of phenols is 1. The number of alkyl halides is 2. The van der Waals surface area contributed by atoms with Gasteiger partial charge >= 0.3 is 0 Å². The minimum atomic E-state index is -1.94. The van der Waals surface area contributed by atoms with Gasteiger partial charge in [0.1, 0.15) is 5.75 Å². The second-order valence-electron chi connectivity index (χ2n) is 11.4. The van der Waals surface area contributed by atoms with E-state index >= 15 is 0 Å². The third-order valence-electron chi connectivity index (χ3n) is 9.44. The zero-order valence-corrected chi connectivity index (χ0v) is 24.3. The first-order valence-corrected chi connectivity index (χ1v) is 14.6. The summed E-state index contributed by atoms with van der Waals surface area (Å²) in [4.78, 5) is 53.4. The number of fused-ring (bicyclic) bond motifs is 4. The number of hydrogen-bond acceptors (Lipinski definition) is 5. The second kappa shape index (κ2) is 9.57. The number of aromatic hydroxyl groups is 1. The molecule has 7 nitrogen and oxygen atoms in total. The molecule has 6 atom stereocenters. The third-order valence-corrected chi connectivity index (χ3v) is 10.9. The number of hydrogen-bond donors (Lipinski definition) is 1. The number of allylic oxidation sites excluding steroid dienone is 3. The van der Waals surface area contributed by atoms with Crippen LogP contribution in [0.15, 0.2) is 66.8 Å². The zero-order valence-electron chi connectivity index (χ0n) is 22.8. The van der Waals surface area contributed by atoms with Crippen molar-refractivity contribution in [1.82, 2.24) is 4.90 Å². The first-order chi connectivity index (χ1) is 19.5. The summed E-state index contributed by atoms with van der Waals surface area (Å²) in [5.41, 5.74) is 3.14. The highest BCUT2D eigenvalue weighted by Gasteiger charge is 2.76. The fraction of sp³-hybridized carbons (Fsp3) is 0.375. The fourth-order valence-electron chi connectivity index (χ4n) is 7.39. The van der Waals surface area contributed by atoms with Crippen molar-refractivity contribution in [3.05, 3.63) is 83.5 Å². The summed E-state index contributed by atoms with van der Waals surface area (Å²) in [5.74, 6) is -5.14. The Balaban J connectivity index is 1.51. The number of likely N-dealkylation sites (tertiary alicyclic amines) is 1. The number of para-hydroxylation sites is 1. The van der Waals surface area contributed by atoms with Gasteiger partial charge in [-0.25, -0.2) is 0 Å². The highest BCUT2D eigenvalue weighted by Crippen LogP contribution is 2.66. The third kappa shape index (κ3) is 3.58. The van der Waals surface area contributed by atoms with Crippen LogP contribution in [0.4, 0.5) is 5.69 Å². The molecule has 0 aromatic heterocycles. The van der Waals surface area contributed by atoms with E-state index in [2.05, 4.69) is 6.58 Å². The lowest BCUT2D eigenvalue weighted by Crippen LogP contribution is -2.60. The van der Waals surface area contributed by atoms with Crippen molar-refractivity contribution in [3.63, 3.8) is 0 Å². The fourth-order valence-corrected chi connectivity index (χ4v) is 8.40. The lowest BCUT2D eigenvalue weighted by atomic mass is 9.56. The topological polar surface area (TPSA) is 95.0 Å². The Bertz CT molecular complexity index is 1550. The van der Waals surface area contributed by atoms with Gasteiger partial charge in [0.25, 0.3) is 11.8 Å². The molecule has 2 aromatic rings. The Labute approximate surface area is 248 Å². The Morgan fingerprint density at radius 1 is 1.02 bits per heavy atom. The summed E-state index contributed by atoms with van der Waals surface area (Å²) < 4.78 is 0. The number of carbonyl (C=O) groups excluding carboxylic acids is 4. The maximum Gasteiger partial charge on any atom is 0.253 e. The molecule has 2 saturated heterocycles. The highest BCUT2D eigenvalue weighted by atomic mass is 35.5. The maximum atomic E-state index is 14.1. The maximum absolute atomic E-state index is 14.1. The van der Waals surface area contributed by atoms with Crippen molar-refractivity contribution in [1.29, 1.82) is 0 Å². The van der Waals surface area contributed by atoms with Crippen molar-refractivity contribution in [2.45, 2.75) is 48.3 Å². The van der Waals surface area contributed by atoms with Gasteiger partial charge in [-0.15, -0.1) is 29.8 Å². The van der Waals surface area contributed by atoms with Gasteiger partial charge in [-0.05, 0) is 54.9 Å². The van der Waals surface area contributed by atoms with Gasteiger partial charge in [0, 0.05) is 18.5 Å². The van der Waals surface area contributed by atoms with Crippen LogP contribution >= 0.6 is 23.2 Å². The lowest BCUT2D eigenvalue weighted by molar-refractivity contribution is -0.138. The van der Waals surface area contributed by atoms with Gasteiger partial charge in [-0.1, -0.05) is 55.0 Å². The second-order valence-corrected chi connectivity index (χ2v) is 12.6. The van der Waals surface area contributed by atoms with Crippen molar-refractivity contribution in [2.24, 2.45) is 17.8 Å². The number of carbonyl (C=O) groups is 4. The largest absolute Gasteiger partial charge is 0.507 e. The predicted molar refractivity (Wildman–Crippen MR) is 156 cm³/mol. The monoisotopic (exact) mass is 592 g/mol. The number of aryl methyl sites for hydroxylation is 1. The van der Waals surface area contributed by atoms with Crippen molar-refractivity contribution >= 4 is 52.5 Å². The van der Waals surface area contributed by atoms with Crippen LogP contribution in [0.5, 0.6) is 5.75 Å². The average Bonchev–Trinajstić information content (AvgIpc) is 3.29. The molecule has 4 aliphatic rings. The molecule has 0 bridgehead atoms. The summed E-state index contributed by atoms with van der Waals surface area (Å²) in [5, 5.41) is 11.4. The van der Waals surface area contributed by atoms with E-state index in [1.54, 1.807) is 36.4 Å². The summed E-state index contributed by atoms with van der Waals surface area (Å²) in [6.45, 7) is 5.79. The van der Waals surface area contributed by atoms with E-state index in [0.29, 0.717) is 28.8 Å². The van der Waals surface area contributed by atoms with Gasteiger partial charge in [0.2, 0.25) is 11.8 Å². The molecule has 41 heavy (non-hydrogen) atoms. The van der Waals surface area contributed by atoms with Crippen molar-refractivity contribution in [3.8, 4) is 5.75 Å². The van der Waals surface area contributed by atoms with Gasteiger partial charge < -0.3 is 5.11 Å². The highest BCUT2D eigenvalue weighted by molar-refractivity contribution is 6.53. The normalized spacial score (nSPS) is 32.5. The zero-order chi connectivity index (χ0) is 29.4. The number of halogens is 2. The molecular formula is C32H30Cl2N2O5. The Kier molecular flexibility index (Phi) is 6.47. The number of nitrogens with zero attached hydrogens (tertiary/aromatic N) is 2. The van der Waals surface area contributed by atoms with E-state index in [4.69, 9.17) is 23.2 Å². The molecule has 1 N–H and O–H groups in total. The summed E-state index contributed by atoms with van der Waals surface area (Å²) in [7, 11) is 1.34. The molecule has 1 saturated carbocycles. The number of rotatable bonds is 5. The predicted octanol–water partition coefficient (Wildman–Crippen LogP) is 4.88. The van der Waals surface area contributed by atoms with Crippen LogP contribution in [0.3, 0.4) is 0 Å². The molecule has 0 radical (unpaired) electrons. The van der Waals surface area contributed by atoms with Crippen molar-refractivity contribution < 1.29 is 24.3 Å². The van der Waals surface area contributed by atoms with E-state index < -0.39 is 45.2 Å². The summed E-state index contributed by atoms with van der Waals surface area (Å²) >= 11 is 14.4. The molecule has 2 aliphatic heterocycles. The smallest absolute Gasteiger partial charge is 0.253 e. The molecule has 0 unspecified atom stereocenters. The van der Waals surface area contributed by atoms with Crippen LogP contribution in [-0.2, 0) is 32.0 Å². The Morgan fingerprint density at radius 3 is 2.39 bits per heavy atom. The van der Waals surface area contributed by atoms with Crippen LogP contribution in [0.1, 0.15) is 42.4 Å². The van der Waals surface area contributed by atoms with Gasteiger partial charge in [-0.3, -0.25) is 29.0 Å². The van der Waals surface area contributed by atoms with Crippen LogP contribution < -0.4 is 4.90 Å². The molecule has 212 valence electrons. The first kappa shape index (κ1) is 27.7. The molecular weight excluding hydrogens is 563 g/mol. The molecule has 4 amide bonds. The quantitative estimate of drug-likeness (QED) is 0.303. The molecule has 0 spiro atoms. The molecule has 2 aromatic carbocycles. The van der Waals surface area contributed by atoms with Crippen LogP contribution in [0, 0.1) is 17.8 Å². The minimum absolute atomic E-state index is 0.0682. The minimum Gasteiger partial charge on any atom is -0.507 e. The Hall–Kier alpha value is -3.42. The molecule has 6 rings (SSSR count). The number of amides is 4. The van der Waals surface area contributed by atoms with E-state index in [9.17, 15) is 24.3 Å². The van der Waals surface area contributed by atoms with Gasteiger partial charge in [0.05, 0.1) is 17.5 Å². The summed E-state index contributed by atoms with van der Waals surface area (Å²) in [6, 6.07) is 12.5. The standard InChI is InChI=1S/C32H30Cl2N2O5/c1-4-7-18-8-6-9-22(26(18)37)25-20-14-15-21-24(23(20)16-31(33)29(40)35(3)30(41)32(25,31)34)28(39)36(27(21)38)19-12-10-17(5-2)11-13-19/h4,6,8-14,21,23-25,37H,1,5,7,15-16H2,2-3H3/t21-,23+,24-,25+,31+,32-/m0/s1. The number of benzene rings is 2. The van der Waals surface area contributed by atoms with E-state index in [1.807, 2.05) is 25.1 Å². The molecule has 2 heterocycles. The SMILES string of the molecule is C=CCc1cccc([C@H]2C3=CC[C@@H]4C(=O)N(c5ccc(CC)cc5)C(=O)[C@@H]4[C@@H]3C[C@@]3(Cl)C(=O)N(C)C(=O)[C@@]23Cl)c1O. The van der Waals surface area contributed by atoms with E-state index in [1.165, 1.54) is 11.9 Å². The van der Waals surface area contributed by atoms with Crippen LogP contribution in [-0.4, -0.2) is 50.4 Å². The number of anilines is 1. The number of imide groups is 2. The number of phenolic OH excluding ortho intramolecular Hbond substituents is 1. The van der Waals surface area contributed by atoms with Gasteiger partial charge in [-0.2, -0.15) is 0 Å². The van der Waals surface area contributed by atoms with Crippen LogP contribution in [0.25, 0.3) is 0 Å². The average molecular weight is 594 g/mol. The van der Waals surface area contributed by atoms with Gasteiger partial charge in [0.15, 0.2) is 9.75 Å². The van der Waals surface area contributed by atoms with Crippen molar-refractivity contribution in [2.75, 3.05) is 11.9 Å². The molecule has 9 heteroatoms. The lowest BCUT2D eigenvalue weighted by Gasteiger charge is -2.50. The molecule has 2 aliphatic carbocycles. The summed E-state index contributed by atoms with van der Waals surface area (Å²) in [6.07, 6.45) is 4.87. The Morgan fingerprint density at radius 2 is 1.73 bits per heavy atom. The van der Waals surface area contributed by atoms with E-state index in [-0.39, 0.29) is 30.4 Å². The first-order valence-electron chi connectivity index (χ1n) is 13.8. The molecule has 3 fully saturated rings. The van der Waals surface area contributed by atoms with Crippen LogP contribution in [0.2, 0.25) is 0 Å².